The lowest BCUT2D eigenvalue weighted by atomic mass is 10.2. The van der Waals surface area contributed by atoms with Gasteiger partial charge in [-0.25, -0.2) is 0 Å². The van der Waals surface area contributed by atoms with Crippen LogP contribution in [-0.2, 0) is 0 Å². The molecule has 1 N–H and O–H groups in total. The Morgan fingerprint density at radius 1 is 1.45 bits per heavy atom. The molecule has 2 aliphatic heterocycles. The highest BCUT2D eigenvalue weighted by molar-refractivity contribution is 8.93. The second kappa shape index (κ2) is 4.80. The molecule has 1 unspecified atom stereocenters. The van der Waals surface area contributed by atoms with E-state index in [0.29, 0.717) is 0 Å². The van der Waals surface area contributed by atoms with Crippen molar-refractivity contribution in [3.8, 4) is 0 Å². The van der Waals surface area contributed by atoms with Gasteiger partial charge in [0.2, 0.25) is 0 Å². The first-order valence-corrected chi connectivity index (χ1v) is 3.87. The highest BCUT2D eigenvalue weighted by Crippen LogP contribution is 2.21. The van der Waals surface area contributed by atoms with Crippen LogP contribution in [0.1, 0.15) is 13.3 Å². The predicted molar refractivity (Wildman–Crippen MR) is 58.1 cm³/mol. The monoisotopic (exact) mass is 286 g/mol. The molecule has 11 heavy (non-hydrogen) atoms. The van der Waals surface area contributed by atoms with Gasteiger partial charge in [-0.1, -0.05) is 6.92 Å². The predicted octanol–water partition coefficient (Wildman–Crippen LogP) is 1.21. The summed E-state index contributed by atoms with van der Waals surface area (Å²) in [7, 11) is 0. The molecule has 0 radical (unpaired) electrons. The first-order valence-electron chi connectivity index (χ1n) is 3.87. The van der Waals surface area contributed by atoms with Crippen LogP contribution in [0.15, 0.2) is 0 Å². The Bertz CT molecular complexity index is 121. The van der Waals surface area contributed by atoms with E-state index in [9.17, 15) is 0 Å². The number of hydrogen-bond donors (Lipinski definition) is 1. The molecule has 2 nitrogen and oxygen atoms in total. The van der Waals surface area contributed by atoms with Crippen molar-refractivity contribution < 1.29 is 0 Å². The molecule has 2 rings (SSSR count). The van der Waals surface area contributed by atoms with E-state index >= 15 is 0 Å². The van der Waals surface area contributed by atoms with E-state index in [2.05, 4.69) is 17.1 Å². The molecular weight excluding hydrogens is 272 g/mol. The number of nitrogens with one attached hydrogen (secondary N) is 1. The van der Waals surface area contributed by atoms with Crippen molar-refractivity contribution in [2.75, 3.05) is 19.6 Å². The number of rotatable bonds is 1. The minimum Gasteiger partial charge on any atom is -0.311 e. The molecule has 0 spiro atoms. The highest BCUT2D eigenvalue weighted by atomic mass is 79.9. The second-order valence-corrected chi connectivity index (χ2v) is 3.08. The number of likely N-dealkylation sites (tertiary alicyclic amines) is 1. The van der Waals surface area contributed by atoms with Gasteiger partial charge in [-0.15, -0.1) is 34.0 Å². The summed E-state index contributed by atoms with van der Waals surface area (Å²) in [4.78, 5) is 2.57. The molecule has 68 valence electrons. The molecule has 0 amide bonds. The van der Waals surface area contributed by atoms with E-state index in [1.54, 1.807) is 0 Å². The van der Waals surface area contributed by atoms with Crippen LogP contribution in [0.5, 0.6) is 0 Å². The van der Waals surface area contributed by atoms with Gasteiger partial charge < -0.3 is 5.32 Å². The van der Waals surface area contributed by atoms with Crippen molar-refractivity contribution in [1.29, 1.82) is 0 Å². The molecule has 2 bridgehead atoms. The fourth-order valence-corrected chi connectivity index (χ4v) is 2.03. The van der Waals surface area contributed by atoms with Gasteiger partial charge in [0.1, 0.15) is 0 Å². The van der Waals surface area contributed by atoms with Crippen molar-refractivity contribution in [3.05, 3.63) is 0 Å². The SMILES string of the molecule is Br.Br.CCN1C[C@H]2CC1CN2. The third-order valence-corrected chi connectivity index (χ3v) is 2.58. The van der Waals surface area contributed by atoms with Gasteiger partial charge in [0.15, 0.2) is 0 Å². The summed E-state index contributed by atoms with van der Waals surface area (Å²) >= 11 is 0. The van der Waals surface area contributed by atoms with Crippen molar-refractivity contribution in [2.45, 2.75) is 25.4 Å². The van der Waals surface area contributed by atoms with E-state index in [1.807, 2.05) is 0 Å². The molecule has 2 aliphatic rings. The first kappa shape index (κ1) is 11.9. The summed E-state index contributed by atoms with van der Waals surface area (Å²) in [6.45, 7) is 6.02. The molecule has 2 heterocycles. The summed E-state index contributed by atoms with van der Waals surface area (Å²) in [5.74, 6) is 0. The van der Waals surface area contributed by atoms with Crippen molar-refractivity contribution in [3.63, 3.8) is 0 Å². The maximum Gasteiger partial charge on any atom is 0.0236 e. The van der Waals surface area contributed by atoms with Gasteiger partial charge in [-0.3, -0.25) is 4.90 Å². The highest BCUT2D eigenvalue weighted by Gasteiger charge is 2.35. The third kappa shape index (κ3) is 2.17. The van der Waals surface area contributed by atoms with E-state index < -0.39 is 0 Å². The molecule has 2 saturated heterocycles. The Morgan fingerprint density at radius 2 is 2.18 bits per heavy atom. The summed E-state index contributed by atoms with van der Waals surface area (Å²) in [6, 6.07) is 1.70. The van der Waals surface area contributed by atoms with Crippen LogP contribution in [-0.4, -0.2) is 36.6 Å². The van der Waals surface area contributed by atoms with E-state index in [1.165, 1.54) is 26.1 Å². The molecular formula is C7H16Br2N2. The Hall–Kier alpha value is 0.880. The van der Waals surface area contributed by atoms with E-state index in [-0.39, 0.29) is 34.0 Å². The zero-order valence-corrected chi connectivity index (χ0v) is 10.2. The molecule has 0 aromatic rings. The van der Waals surface area contributed by atoms with Crippen LogP contribution in [0.25, 0.3) is 0 Å². The number of piperazine rings is 1. The van der Waals surface area contributed by atoms with Crippen LogP contribution < -0.4 is 5.32 Å². The largest absolute Gasteiger partial charge is 0.311 e. The lowest BCUT2D eigenvalue weighted by Crippen LogP contribution is -2.43. The summed E-state index contributed by atoms with van der Waals surface area (Å²) in [5, 5.41) is 3.48. The minimum absolute atomic E-state index is 0. The summed E-state index contributed by atoms with van der Waals surface area (Å²) < 4.78 is 0. The third-order valence-electron chi connectivity index (χ3n) is 2.58. The molecule has 0 aromatic carbocycles. The fraction of sp³-hybridized carbons (Fsp3) is 1.00. The van der Waals surface area contributed by atoms with Gasteiger partial charge in [0.05, 0.1) is 0 Å². The zero-order chi connectivity index (χ0) is 6.27. The number of nitrogens with zero attached hydrogens (tertiary/aromatic N) is 1. The van der Waals surface area contributed by atoms with E-state index in [4.69, 9.17) is 0 Å². The Kier molecular flexibility index (Phi) is 5.18. The number of likely N-dealkylation sites (N-methyl/N-ethyl adjacent to an activating group) is 1. The van der Waals surface area contributed by atoms with Gasteiger partial charge >= 0.3 is 0 Å². The second-order valence-electron chi connectivity index (χ2n) is 3.08. The summed E-state index contributed by atoms with van der Waals surface area (Å²) in [5.41, 5.74) is 0. The molecule has 0 aliphatic carbocycles. The molecule has 0 saturated carbocycles. The van der Waals surface area contributed by atoms with Crippen LogP contribution in [0.4, 0.5) is 0 Å². The van der Waals surface area contributed by atoms with Crippen LogP contribution in [0.2, 0.25) is 0 Å². The normalized spacial score (nSPS) is 34.6. The van der Waals surface area contributed by atoms with Gasteiger partial charge in [-0.05, 0) is 13.0 Å². The first-order chi connectivity index (χ1) is 4.40. The van der Waals surface area contributed by atoms with Gasteiger partial charge in [0, 0.05) is 25.2 Å². The fourth-order valence-electron chi connectivity index (χ4n) is 2.03. The maximum absolute atomic E-state index is 3.48. The average Bonchev–Trinajstić information content (AvgIpc) is 2.45. The number of fused-ring (bicyclic) bond motifs is 2. The number of halogens is 2. The van der Waals surface area contributed by atoms with Crippen LogP contribution >= 0.6 is 34.0 Å². The van der Waals surface area contributed by atoms with Crippen LogP contribution in [0.3, 0.4) is 0 Å². The molecule has 2 atom stereocenters. The lowest BCUT2D eigenvalue weighted by molar-refractivity contribution is 0.238. The van der Waals surface area contributed by atoms with Crippen LogP contribution in [0, 0.1) is 0 Å². The lowest BCUT2D eigenvalue weighted by Gasteiger charge is -2.25. The Labute approximate surface area is 89.3 Å². The summed E-state index contributed by atoms with van der Waals surface area (Å²) in [6.07, 6.45) is 1.40. The van der Waals surface area contributed by atoms with Gasteiger partial charge in [-0.2, -0.15) is 0 Å². The topological polar surface area (TPSA) is 15.3 Å². The molecule has 2 fully saturated rings. The molecule has 4 heteroatoms. The smallest absolute Gasteiger partial charge is 0.0236 e. The van der Waals surface area contributed by atoms with Gasteiger partial charge in [0.25, 0.3) is 0 Å². The Morgan fingerprint density at radius 3 is 2.45 bits per heavy atom. The quantitative estimate of drug-likeness (QED) is 0.780. The minimum atomic E-state index is 0. The van der Waals surface area contributed by atoms with Crippen molar-refractivity contribution in [1.82, 2.24) is 10.2 Å². The van der Waals surface area contributed by atoms with Crippen molar-refractivity contribution in [2.24, 2.45) is 0 Å². The Balaban J connectivity index is 0.000000500. The van der Waals surface area contributed by atoms with Crippen molar-refractivity contribution >= 4 is 34.0 Å². The maximum atomic E-state index is 3.48. The van der Waals surface area contributed by atoms with E-state index in [0.717, 1.165) is 12.1 Å². The zero-order valence-electron chi connectivity index (χ0n) is 6.75. The standard InChI is InChI=1S/C7H14N2.2BrH/c1-2-9-5-6-3-7(9)4-8-6;;/h6-8H,2-5H2,1H3;2*1H/t6-,7?;;/m1../s1. The number of hydrogen-bond acceptors (Lipinski definition) is 2. The molecule has 0 aromatic heterocycles. The average molecular weight is 288 g/mol.